The van der Waals surface area contributed by atoms with Gasteiger partial charge in [-0.25, -0.2) is 4.79 Å². The number of halogens is 2. The molecule has 3 nitrogen and oxygen atoms in total. The Labute approximate surface area is 113 Å². The Kier molecular flexibility index (Phi) is 5.31. The van der Waals surface area contributed by atoms with Crippen molar-refractivity contribution in [1.29, 1.82) is 0 Å². The smallest absolute Gasteiger partial charge is 0.379 e. The molecule has 0 aromatic heterocycles. The molecule has 1 aromatic carbocycles. The lowest BCUT2D eigenvalue weighted by Crippen LogP contribution is -2.18. The van der Waals surface area contributed by atoms with Crippen molar-refractivity contribution in [3.63, 3.8) is 0 Å². The Hall–Kier alpha value is -0.710. The number of thioether (sulfide) groups is 1. The van der Waals surface area contributed by atoms with Crippen molar-refractivity contribution < 1.29 is 14.3 Å². The van der Waals surface area contributed by atoms with Gasteiger partial charge >= 0.3 is 5.97 Å². The zero-order chi connectivity index (χ0) is 13.0. The van der Waals surface area contributed by atoms with E-state index in [9.17, 15) is 9.59 Å². The highest BCUT2D eigenvalue weighted by Crippen LogP contribution is 2.31. The molecule has 0 radical (unpaired) electrons. The van der Waals surface area contributed by atoms with Crippen LogP contribution in [-0.2, 0) is 9.53 Å². The van der Waals surface area contributed by atoms with Gasteiger partial charge in [0.1, 0.15) is 0 Å². The highest BCUT2D eigenvalue weighted by molar-refractivity contribution is 7.98. The van der Waals surface area contributed by atoms with E-state index >= 15 is 0 Å². The average molecular weight is 293 g/mol. The quantitative estimate of drug-likeness (QED) is 0.369. The maximum atomic E-state index is 11.7. The second kappa shape index (κ2) is 6.28. The van der Waals surface area contributed by atoms with Crippen molar-refractivity contribution in [3.8, 4) is 0 Å². The summed E-state index contributed by atoms with van der Waals surface area (Å²) in [4.78, 5) is 23.7. The first-order valence-corrected chi connectivity index (χ1v) is 6.73. The summed E-state index contributed by atoms with van der Waals surface area (Å²) < 4.78 is 4.61. The molecule has 0 heterocycles. The lowest BCUT2D eigenvalue weighted by atomic mass is 10.1. The Bertz CT molecular complexity index is 460. The molecule has 92 valence electrons. The van der Waals surface area contributed by atoms with E-state index in [1.54, 1.807) is 13.0 Å². The Morgan fingerprint density at radius 2 is 1.94 bits per heavy atom. The molecule has 0 atom stereocenters. The molecule has 0 aliphatic heterocycles. The number of rotatable bonds is 4. The SMILES string of the molecule is CCOC(=O)C(=O)c1cc(Cl)c(SC)cc1Cl. The Morgan fingerprint density at radius 1 is 1.29 bits per heavy atom. The summed E-state index contributed by atoms with van der Waals surface area (Å²) in [5.41, 5.74) is 0.0629. The molecule has 0 aliphatic rings. The summed E-state index contributed by atoms with van der Waals surface area (Å²) in [6.07, 6.45) is 1.84. The summed E-state index contributed by atoms with van der Waals surface area (Å²) in [5, 5.41) is 0.575. The van der Waals surface area contributed by atoms with Gasteiger partial charge in [-0.15, -0.1) is 11.8 Å². The molecule has 0 saturated carbocycles. The van der Waals surface area contributed by atoms with Crippen LogP contribution in [0.3, 0.4) is 0 Å². The number of carbonyl (C=O) groups excluding carboxylic acids is 2. The van der Waals surface area contributed by atoms with Crippen molar-refractivity contribution in [2.75, 3.05) is 12.9 Å². The first-order valence-electron chi connectivity index (χ1n) is 4.75. The van der Waals surface area contributed by atoms with Gasteiger partial charge in [0.25, 0.3) is 5.78 Å². The van der Waals surface area contributed by atoms with Crippen LogP contribution in [0.1, 0.15) is 17.3 Å². The zero-order valence-electron chi connectivity index (χ0n) is 9.25. The number of esters is 1. The summed E-state index contributed by atoms with van der Waals surface area (Å²) in [6, 6.07) is 2.94. The molecule has 17 heavy (non-hydrogen) atoms. The first kappa shape index (κ1) is 14.4. The number of hydrogen-bond donors (Lipinski definition) is 0. The topological polar surface area (TPSA) is 43.4 Å². The van der Waals surface area contributed by atoms with Crippen molar-refractivity contribution in [2.45, 2.75) is 11.8 Å². The third-order valence-electron chi connectivity index (χ3n) is 1.95. The van der Waals surface area contributed by atoms with Crippen LogP contribution in [0.2, 0.25) is 10.0 Å². The average Bonchev–Trinajstić information content (AvgIpc) is 2.31. The number of ether oxygens (including phenoxy) is 1. The van der Waals surface area contributed by atoms with Crippen LogP contribution in [0.4, 0.5) is 0 Å². The van der Waals surface area contributed by atoms with Crippen LogP contribution >= 0.6 is 35.0 Å². The van der Waals surface area contributed by atoms with Crippen LogP contribution in [0, 0.1) is 0 Å². The van der Waals surface area contributed by atoms with Gasteiger partial charge in [-0.2, -0.15) is 0 Å². The van der Waals surface area contributed by atoms with Gasteiger partial charge in [-0.05, 0) is 25.3 Å². The standard InChI is InChI=1S/C11H10Cl2O3S/c1-3-16-11(15)10(14)6-4-8(13)9(17-2)5-7(6)12/h4-5H,3H2,1-2H3. The Balaban J connectivity index is 3.11. The van der Waals surface area contributed by atoms with Gasteiger partial charge in [-0.3, -0.25) is 4.79 Å². The molecular formula is C11H10Cl2O3S. The van der Waals surface area contributed by atoms with Crippen molar-refractivity contribution in [2.24, 2.45) is 0 Å². The van der Waals surface area contributed by atoms with E-state index in [1.165, 1.54) is 17.8 Å². The molecule has 0 N–H and O–H groups in total. The second-order valence-electron chi connectivity index (χ2n) is 3.02. The highest BCUT2D eigenvalue weighted by atomic mass is 35.5. The van der Waals surface area contributed by atoms with E-state index in [0.29, 0.717) is 5.02 Å². The van der Waals surface area contributed by atoms with Crippen LogP contribution in [0.5, 0.6) is 0 Å². The fraction of sp³-hybridized carbons (Fsp3) is 0.273. The molecule has 0 aliphatic carbocycles. The van der Waals surface area contributed by atoms with Crippen molar-refractivity contribution >= 4 is 46.7 Å². The number of hydrogen-bond acceptors (Lipinski definition) is 4. The second-order valence-corrected chi connectivity index (χ2v) is 4.68. The van der Waals surface area contributed by atoms with Crippen molar-refractivity contribution in [1.82, 2.24) is 0 Å². The van der Waals surface area contributed by atoms with Gasteiger partial charge < -0.3 is 4.74 Å². The fourth-order valence-corrected chi connectivity index (χ4v) is 2.36. The fourth-order valence-electron chi connectivity index (χ4n) is 1.17. The van der Waals surface area contributed by atoms with Gasteiger partial charge in [0.2, 0.25) is 0 Å². The highest BCUT2D eigenvalue weighted by Gasteiger charge is 2.21. The Morgan fingerprint density at radius 3 is 2.47 bits per heavy atom. The van der Waals surface area contributed by atoms with Crippen LogP contribution in [-0.4, -0.2) is 24.6 Å². The summed E-state index contributed by atoms with van der Waals surface area (Å²) >= 11 is 13.3. The number of carbonyl (C=O) groups is 2. The number of ketones is 1. The van der Waals surface area contributed by atoms with E-state index in [2.05, 4.69) is 4.74 Å². The molecule has 1 aromatic rings. The third-order valence-corrected chi connectivity index (χ3v) is 3.46. The molecule has 0 bridgehead atoms. The molecule has 0 spiro atoms. The molecular weight excluding hydrogens is 283 g/mol. The predicted molar refractivity (Wildman–Crippen MR) is 69.2 cm³/mol. The van der Waals surface area contributed by atoms with E-state index in [4.69, 9.17) is 23.2 Å². The zero-order valence-corrected chi connectivity index (χ0v) is 11.6. The lowest BCUT2D eigenvalue weighted by Gasteiger charge is -2.06. The molecule has 0 amide bonds. The minimum Gasteiger partial charge on any atom is -0.460 e. The van der Waals surface area contributed by atoms with Crippen LogP contribution in [0.25, 0.3) is 0 Å². The maximum Gasteiger partial charge on any atom is 0.379 e. The van der Waals surface area contributed by atoms with Gasteiger partial charge in [0.15, 0.2) is 0 Å². The lowest BCUT2D eigenvalue weighted by molar-refractivity contribution is -0.137. The number of Topliss-reactive ketones (excluding diaryl/α,β-unsaturated/α-hetero) is 1. The maximum absolute atomic E-state index is 11.7. The van der Waals surface area contributed by atoms with Crippen LogP contribution in [0.15, 0.2) is 17.0 Å². The van der Waals surface area contributed by atoms with Gasteiger partial charge in [0, 0.05) is 10.5 Å². The van der Waals surface area contributed by atoms with Crippen LogP contribution < -0.4 is 0 Å². The molecule has 1 rings (SSSR count). The van der Waals surface area contributed by atoms with E-state index in [1.807, 2.05) is 6.26 Å². The van der Waals surface area contributed by atoms with E-state index in [0.717, 1.165) is 4.90 Å². The summed E-state index contributed by atoms with van der Waals surface area (Å²) in [5.74, 6) is -1.71. The van der Waals surface area contributed by atoms with E-state index in [-0.39, 0.29) is 17.2 Å². The number of benzene rings is 1. The minimum absolute atomic E-state index is 0.0629. The predicted octanol–water partition coefficient (Wildman–Crippen LogP) is 3.46. The molecule has 0 unspecified atom stereocenters. The van der Waals surface area contributed by atoms with Crippen molar-refractivity contribution in [3.05, 3.63) is 27.7 Å². The monoisotopic (exact) mass is 292 g/mol. The largest absolute Gasteiger partial charge is 0.460 e. The van der Waals surface area contributed by atoms with Gasteiger partial charge in [0.05, 0.1) is 16.7 Å². The minimum atomic E-state index is -0.928. The normalized spacial score (nSPS) is 10.1. The third kappa shape index (κ3) is 3.37. The van der Waals surface area contributed by atoms with E-state index < -0.39 is 11.8 Å². The van der Waals surface area contributed by atoms with Gasteiger partial charge in [-0.1, -0.05) is 23.2 Å². The summed E-state index contributed by atoms with van der Waals surface area (Å²) in [6.45, 7) is 1.76. The molecule has 6 heteroatoms. The molecule has 0 fully saturated rings. The summed E-state index contributed by atoms with van der Waals surface area (Å²) in [7, 11) is 0. The molecule has 0 saturated heterocycles. The first-order chi connectivity index (χ1) is 8.01.